The van der Waals surface area contributed by atoms with Gasteiger partial charge in [-0.1, -0.05) is 0 Å². The summed E-state index contributed by atoms with van der Waals surface area (Å²) in [4.78, 5) is 22.8. The van der Waals surface area contributed by atoms with E-state index in [0.717, 1.165) is 37.6 Å². The SMILES string of the molecule is Cc1cc(C)nc(NC(=O)C(C)N2CCNCC2)n1. The molecule has 1 fully saturated rings. The molecule has 1 atom stereocenters. The van der Waals surface area contributed by atoms with E-state index in [2.05, 4.69) is 25.5 Å². The molecule has 1 amide bonds. The second-order valence-electron chi connectivity index (χ2n) is 4.93. The molecular weight excluding hydrogens is 242 g/mol. The fraction of sp³-hybridized carbons (Fsp3) is 0.615. The Morgan fingerprint density at radius 3 is 2.47 bits per heavy atom. The average Bonchev–Trinajstić information content (AvgIpc) is 2.37. The molecule has 2 rings (SSSR count). The summed E-state index contributed by atoms with van der Waals surface area (Å²) in [6, 6.07) is 1.72. The van der Waals surface area contributed by atoms with Crippen molar-refractivity contribution in [2.24, 2.45) is 0 Å². The molecule has 0 aromatic carbocycles. The molecule has 0 aliphatic carbocycles. The minimum atomic E-state index is -0.161. The normalized spacial score (nSPS) is 18.1. The Bertz CT molecular complexity index is 436. The van der Waals surface area contributed by atoms with Crippen molar-refractivity contribution in [3.8, 4) is 0 Å². The van der Waals surface area contributed by atoms with Gasteiger partial charge in [-0.3, -0.25) is 15.0 Å². The van der Waals surface area contributed by atoms with E-state index >= 15 is 0 Å². The number of aromatic nitrogens is 2. The number of aryl methyl sites for hydroxylation is 2. The van der Waals surface area contributed by atoms with Gasteiger partial charge in [0.15, 0.2) is 0 Å². The average molecular weight is 263 g/mol. The number of nitrogens with one attached hydrogen (secondary N) is 2. The van der Waals surface area contributed by atoms with E-state index in [1.165, 1.54) is 0 Å². The van der Waals surface area contributed by atoms with E-state index in [1.807, 2.05) is 26.8 Å². The Kier molecular flexibility index (Phi) is 4.44. The second kappa shape index (κ2) is 6.08. The smallest absolute Gasteiger partial charge is 0.243 e. The van der Waals surface area contributed by atoms with Gasteiger partial charge in [0.05, 0.1) is 6.04 Å². The maximum Gasteiger partial charge on any atom is 0.243 e. The van der Waals surface area contributed by atoms with Crippen LogP contribution in [0.4, 0.5) is 5.95 Å². The molecule has 2 N–H and O–H groups in total. The van der Waals surface area contributed by atoms with Crippen molar-refractivity contribution >= 4 is 11.9 Å². The van der Waals surface area contributed by atoms with Crippen molar-refractivity contribution in [1.82, 2.24) is 20.2 Å². The van der Waals surface area contributed by atoms with Crippen molar-refractivity contribution in [2.75, 3.05) is 31.5 Å². The van der Waals surface area contributed by atoms with Crippen molar-refractivity contribution in [3.05, 3.63) is 17.5 Å². The zero-order valence-corrected chi connectivity index (χ0v) is 11.7. The standard InChI is InChI=1S/C13H21N5O/c1-9-8-10(2)16-13(15-9)17-12(19)11(3)18-6-4-14-5-7-18/h8,11,14H,4-7H2,1-3H3,(H,15,16,17,19). The van der Waals surface area contributed by atoms with E-state index in [-0.39, 0.29) is 11.9 Å². The number of carbonyl (C=O) groups excluding carboxylic acids is 1. The van der Waals surface area contributed by atoms with Crippen LogP contribution in [0.25, 0.3) is 0 Å². The Morgan fingerprint density at radius 1 is 1.32 bits per heavy atom. The zero-order valence-electron chi connectivity index (χ0n) is 11.7. The van der Waals surface area contributed by atoms with Crippen LogP contribution in [0.15, 0.2) is 6.07 Å². The number of carbonyl (C=O) groups is 1. The van der Waals surface area contributed by atoms with Crippen LogP contribution in [0, 0.1) is 13.8 Å². The number of anilines is 1. The van der Waals surface area contributed by atoms with E-state index in [9.17, 15) is 4.79 Å². The van der Waals surface area contributed by atoms with Crippen LogP contribution in [-0.2, 0) is 4.79 Å². The number of hydrogen-bond acceptors (Lipinski definition) is 5. The predicted octanol–water partition coefficient (Wildman–Crippen LogP) is 0.326. The highest BCUT2D eigenvalue weighted by Crippen LogP contribution is 2.07. The largest absolute Gasteiger partial charge is 0.314 e. The van der Waals surface area contributed by atoms with Gasteiger partial charge >= 0.3 is 0 Å². The molecule has 1 aromatic rings. The minimum absolute atomic E-state index is 0.0492. The van der Waals surface area contributed by atoms with Gasteiger partial charge in [-0.2, -0.15) is 0 Å². The highest BCUT2D eigenvalue weighted by atomic mass is 16.2. The molecule has 1 aliphatic heterocycles. The Hall–Kier alpha value is -1.53. The molecule has 1 aromatic heterocycles. The lowest BCUT2D eigenvalue weighted by Gasteiger charge is -2.31. The Labute approximate surface area is 113 Å². The second-order valence-corrected chi connectivity index (χ2v) is 4.93. The lowest BCUT2D eigenvalue weighted by molar-refractivity contribution is -0.121. The van der Waals surface area contributed by atoms with Gasteiger partial charge < -0.3 is 5.32 Å². The van der Waals surface area contributed by atoms with E-state index in [1.54, 1.807) is 0 Å². The van der Waals surface area contributed by atoms with Gasteiger partial charge in [-0.05, 0) is 26.8 Å². The highest BCUT2D eigenvalue weighted by molar-refractivity contribution is 5.93. The van der Waals surface area contributed by atoms with Gasteiger partial charge in [0, 0.05) is 37.6 Å². The lowest BCUT2D eigenvalue weighted by atomic mass is 10.2. The number of amides is 1. The van der Waals surface area contributed by atoms with Crippen molar-refractivity contribution in [3.63, 3.8) is 0 Å². The summed E-state index contributed by atoms with van der Waals surface area (Å²) < 4.78 is 0. The first-order valence-corrected chi connectivity index (χ1v) is 6.64. The zero-order chi connectivity index (χ0) is 13.8. The molecule has 0 radical (unpaired) electrons. The maximum absolute atomic E-state index is 12.2. The first-order chi connectivity index (χ1) is 9.06. The maximum atomic E-state index is 12.2. The minimum Gasteiger partial charge on any atom is -0.314 e. The molecule has 6 heteroatoms. The number of piperazine rings is 1. The van der Waals surface area contributed by atoms with Crippen molar-refractivity contribution in [2.45, 2.75) is 26.8 Å². The van der Waals surface area contributed by atoms with Crippen LogP contribution >= 0.6 is 0 Å². The van der Waals surface area contributed by atoms with Gasteiger partial charge in [0.25, 0.3) is 0 Å². The molecule has 104 valence electrons. The van der Waals surface area contributed by atoms with E-state index in [0.29, 0.717) is 5.95 Å². The summed E-state index contributed by atoms with van der Waals surface area (Å²) in [5.74, 6) is 0.344. The van der Waals surface area contributed by atoms with Crippen LogP contribution in [0.2, 0.25) is 0 Å². The third kappa shape index (κ3) is 3.71. The Morgan fingerprint density at radius 2 is 1.89 bits per heavy atom. The monoisotopic (exact) mass is 263 g/mol. The molecule has 1 saturated heterocycles. The van der Waals surface area contributed by atoms with Crippen LogP contribution in [0.3, 0.4) is 0 Å². The fourth-order valence-electron chi connectivity index (χ4n) is 2.23. The van der Waals surface area contributed by atoms with Crippen LogP contribution in [0.5, 0.6) is 0 Å². The van der Waals surface area contributed by atoms with Crippen LogP contribution in [0.1, 0.15) is 18.3 Å². The third-order valence-corrected chi connectivity index (χ3v) is 3.30. The third-order valence-electron chi connectivity index (χ3n) is 3.30. The van der Waals surface area contributed by atoms with Crippen molar-refractivity contribution < 1.29 is 4.79 Å². The molecule has 2 heterocycles. The first kappa shape index (κ1) is 13.9. The summed E-state index contributed by atoms with van der Waals surface area (Å²) in [5.41, 5.74) is 1.72. The molecule has 0 spiro atoms. The van der Waals surface area contributed by atoms with Crippen LogP contribution < -0.4 is 10.6 Å². The molecular formula is C13H21N5O. The lowest BCUT2D eigenvalue weighted by Crippen LogP contribution is -2.51. The van der Waals surface area contributed by atoms with Crippen LogP contribution in [-0.4, -0.2) is 53.0 Å². The van der Waals surface area contributed by atoms with E-state index in [4.69, 9.17) is 0 Å². The molecule has 1 unspecified atom stereocenters. The summed E-state index contributed by atoms with van der Waals surface area (Å²) in [6.07, 6.45) is 0. The van der Waals surface area contributed by atoms with Gasteiger partial charge in [-0.15, -0.1) is 0 Å². The van der Waals surface area contributed by atoms with E-state index < -0.39 is 0 Å². The number of nitrogens with zero attached hydrogens (tertiary/aromatic N) is 3. The van der Waals surface area contributed by atoms with Gasteiger partial charge in [-0.25, -0.2) is 9.97 Å². The van der Waals surface area contributed by atoms with Gasteiger partial charge in [0.2, 0.25) is 11.9 Å². The number of rotatable bonds is 3. The fourth-order valence-corrected chi connectivity index (χ4v) is 2.23. The molecule has 6 nitrogen and oxygen atoms in total. The quantitative estimate of drug-likeness (QED) is 0.822. The summed E-state index contributed by atoms with van der Waals surface area (Å²) in [5, 5.41) is 6.07. The predicted molar refractivity (Wildman–Crippen MR) is 74.0 cm³/mol. The molecule has 1 aliphatic rings. The molecule has 0 bridgehead atoms. The summed E-state index contributed by atoms with van der Waals surface area (Å²) in [7, 11) is 0. The Balaban J connectivity index is 1.99. The topological polar surface area (TPSA) is 70.2 Å². The molecule has 0 saturated carbocycles. The summed E-state index contributed by atoms with van der Waals surface area (Å²) in [6.45, 7) is 9.34. The highest BCUT2D eigenvalue weighted by Gasteiger charge is 2.23. The summed E-state index contributed by atoms with van der Waals surface area (Å²) >= 11 is 0. The molecule has 19 heavy (non-hydrogen) atoms. The van der Waals surface area contributed by atoms with Gasteiger partial charge in [0.1, 0.15) is 0 Å². The first-order valence-electron chi connectivity index (χ1n) is 6.64. The van der Waals surface area contributed by atoms with Crippen molar-refractivity contribution in [1.29, 1.82) is 0 Å². The number of hydrogen-bond donors (Lipinski definition) is 2.